The third kappa shape index (κ3) is 6.45. The van der Waals surface area contributed by atoms with Gasteiger partial charge in [-0.1, -0.05) is 26.2 Å². The molecule has 6 heteroatoms. The Balaban J connectivity index is 1.79. The molecule has 1 heterocycles. The highest BCUT2D eigenvalue weighted by atomic mass is 35.5. The number of alkyl halides is 1. The zero-order valence-corrected chi connectivity index (χ0v) is 16.2. The van der Waals surface area contributed by atoms with Gasteiger partial charge in [-0.05, 0) is 43.5 Å². The molecule has 1 aromatic rings. The highest BCUT2D eigenvalue weighted by molar-refractivity contribution is 6.21. The van der Waals surface area contributed by atoms with Gasteiger partial charge in [0, 0.05) is 13.1 Å². The van der Waals surface area contributed by atoms with Gasteiger partial charge >= 0.3 is 5.97 Å². The number of aromatic carboxylic acids is 1. The molecule has 0 amide bonds. The van der Waals surface area contributed by atoms with Crippen molar-refractivity contribution in [1.82, 2.24) is 4.90 Å². The molecule has 1 saturated heterocycles. The van der Waals surface area contributed by atoms with E-state index >= 15 is 0 Å². The number of carbonyl (C=O) groups is 1. The molecule has 2 unspecified atom stereocenters. The summed E-state index contributed by atoms with van der Waals surface area (Å²) in [6.07, 6.45) is 5.70. The maximum atomic E-state index is 10.9. The van der Waals surface area contributed by atoms with E-state index in [1.54, 1.807) is 12.1 Å². The lowest BCUT2D eigenvalue weighted by Crippen LogP contribution is -2.39. The minimum absolute atomic E-state index is 0.0329. The number of halogens is 1. The first-order valence-electron chi connectivity index (χ1n) is 9.53. The highest BCUT2D eigenvalue weighted by Gasteiger charge is 2.33. The monoisotopic (exact) mass is 383 g/mol. The van der Waals surface area contributed by atoms with Crippen LogP contribution in [0, 0.1) is 0 Å². The van der Waals surface area contributed by atoms with E-state index < -0.39 is 5.97 Å². The van der Waals surface area contributed by atoms with Crippen LogP contribution in [0.2, 0.25) is 0 Å². The zero-order valence-electron chi connectivity index (χ0n) is 15.4. The molecule has 0 saturated carbocycles. The quantitative estimate of drug-likeness (QED) is 0.449. The molecule has 0 aromatic heterocycles. The van der Waals surface area contributed by atoms with Crippen LogP contribution in [0.4, 0.5) is 0 Å². The van der Waals surface area contributed by atoms with Gasteiger partial charge in [-0.25, -0.2) is 4.79 Å². The molecule has 0 spiro atoms. The summed E-state index contributed by atoms with van der Waals surface area (Å²) in [5.41, 5.74) is 0.243. The molecule has 1 aromatic carbocycles. The summed E-state index contributed by atoms with van der Waals surface area (Å²) in [5.74, 6) is -0.304. The number of nitrogens with zero attached hydrogens (tertiary/aromatic N) is 1. The van der Waals surface area contributed by atoms with Gasteiger partial charge in [-0.15, -0.1) is 11.6 Å². The predicted molar refractivity (Wildman–Crippen MR) is 103 cm³/mol. The lowest BCUT2D eigenvalue weighted by molar-refractivity contribution is 0.0696. The Morgan fingerprint density at radius 2 is 2.04 bits per heavy atom. The van der Waals surface area contributed by atoms with Crippen LogP contribution in [0.1, 0.15) is 55.8 Å². The van der Waals surface area contributed by atoms with Crippen LogP contribution >= 0.6 is 11.6 Å². The SMILES string of the molecule is CCCCCC(O)CCN1CCC(Cl)[C@@H]1COc1ccc(C(=O)O)cc1. The fraction of sp³-hybridized carbons (Fsp3) is 0.650. The van der Waals surface area contributed by atoms with Crippen molar-refractivity contribution in [2.24, 2.45) is 0 Å². The van der Waals surface area contributed by atoms with Gasteiger partial charge in [0.15, 0.2) is 0 Å². The van der Waals surface area contributed by atoms with Crippen LogP contribution in [0.5, 0.6) is 5.75 Å². The molecule has 26 heavy (non-hydrogen) atoms. The van der Waals surface area contributed by atoms with E-state index in [9.17, 15) is 9.90 Å². The average Bonchev–Trinajstić information content (AvgIpc) is 2.98. The maximum absolute atomic E-state index is 10.9. The number of unbranched alkanes of at least 4 members (excludes halogenated alkanes) is 2. The lowest BCUT2D eigenvalue weighted by atomic mass is 10.1. The van der Waals surface area contributed by atoms with Gasteiger partial charge in [0.25, 0.3) is 0 Å². The molecule has 1 aliphatic rings. The largest absolute Gasteiger partial charge is 0.492 e. The van der Waals surface area contributed by atoms with Crippen molar-refractivity contribution in [2.45, 2.75) is 63.0 Å². The van der Waals surface area contributed by atoms with E-state index in [-0.39, 0.29) is 23.1 Å². The van der Waals surface area contributed by atoms with Crippen molar-refractivity contribution in [3.63, 3.8) is 0 Å². The average molecular weight is 384 g/mol. The fourth-order valence-corrected chi connectivity index (χ4v) is 3.66. The predicted octanol–water partition coefficient (Wildman–Crippen LogP) is 3.78. The Labute approximate surface area is 160 Å². The molecule has 2 N–H and O–H groups in total. The van der Waals surface area contributed by atoms with Gasteiger partial charge in [0.1, 0.15) is 12.4 Å². The van der Waals surface area contributed by atoms with Crippen molar-refractivity contribution in [2.75, 3.05) is 19.7 Å². The first-order valence-corrected chi connectivity index (χ1v) is 9.97. The summed E-state index contributed by atoms with van der Waals surface area (Å²) < 4.78 is 5.83. The van der Waals surface area contributed by atoms with E-state index in [0.717, 1.165) is 38.8 Å². The summed E-state index contributed by atoms with van der Waals surface area (Å²) in [5, 5.41) is 19.1. The molecule has 0 aliphatic carbocycles. The van der Waals surface area contributed by atoms with Gasteiger partial charge in [-0.3, -0.25) is 4.90 Å². The molecule has 146 valence electrons. The number of hydrogen-bond acceptors (Lipinski definition) is 4. The minimum atomic E-state index is -0.947. The number of rotatable bonds is 11. The van der Waals surface area contributed by atoms with Gasteiger partial charge in [0.05, 0.1) is 23.1 Å². The van der Waals surface area contributed by atoms with Crippen LogP contribution in [0.15, 0.2) is 24.3 Å². The maximum Gasteiger partial charge on any atom is 0.335 e. The first-order chi connectivity index (χ1) is 12.5. The number of benzene rings is 1. The van der Waals surface area contributed by atoms with Crippen LogP contribution in [0.25, 0.3) is 0 Å². The first kappa shape index (κ1) is 21.0. The Kier molecular flexibility index (Phi) is 8.69. The number of carboxylic acid groups (broad SMARTS) is 1. The number of aliphatic hydroxyl groups is 1. The van der Waals surface area contributed by atoms with Crippen molar-refractivity contribution < 1.29 is 19.7 Å². The summed E-state index contributed by atoms with van der Waals surface area (Å²) in [4.78, 5) is 13.2. The highest BCUT2D eigenvalue weighted by Crippen LogP contribution is 2.25. The number of hydrogen-bond donors (Lipinski definition) is 2. The summed E-state index contributed by atoms with van der Waals surface area (Å²) in [6, 6.07) is 6.52. The number of likely N-dealkylation sites (tertiary alicyclic amines) is 1. The molecule has 5 nitrogen and oxygen atoms in total. The van der Waals surface area contributed by atoms with Gasteiger partial charge in [0.2, 0.25) is 0 Å². The molecule has 0 bridgehead atoms. The standard InChI is InChI=1S/C20H30ClNO4/c1-2-3-4-5-16(23)10-12-22-13-11-18(21)19(22)14-26-17-8-6-15(7-9-17)20(24)25/h6-9,16,18-19,23H,2-5,10-14H2,1H3,(H,24,25)/t16?,18?,19-/m0/s1. The van der Waals surface area contributed by atoms with E-state index in [1.807, 2.05) is 0 Å². The van der Waals surface area contributed by atoms with Crippen LogP contribution in [0.3, 0.4) is 0 Å². The molecule has 1 fully saturated rings. The fourth-order valence-electron chi connectivity index (χ4n) is 3.33. The minimum Gasteiger partial charge on any atom is -0.492 e. The second kappa shape index (κ2) is 10.8. The number of ether oxygens (including phenoxy) is 1. The van der Waals surface area contributed by atoms with Crippen LogP contribution in [-0.4, -0.2) is 58.3 Å². The van der Waals surface area contributed by atoms with E-state index in [4.69, 9.17) is 21.4 Å². The lowest BCUT2D eigenvalue weighted by Gasteiger charge is -2.27. The van der Waals surface area contributed by atoms with E-state index in [2.05, 4.69) is 11.8 Å². The molecule has 1 aliphatic heterocycles. The molecule has 2 rings (SSSR count). The Morgan fingerprint density at radius 1 is 1.31 bits per heavy atom. The van der Waals surface area contributed by atoms with Crippen LogP contribution in [-0.2, 0) is 0 Å². The van der Waals surface area contributed by atoms with Crippen molar-refractivity contribution in [3.05, 3.63) is 29.8 Å². The topological polar surface area (TPSA) is 70.0 Å². The van der Waals surface area contributed by atoms with Crippen molar-refractivity contribution >= 4 is 17.6 Å². The zero-order chi connectivity index (χ0) is 18.9. The van der Waals surface area contributed by atoms with Gasteiger partial charge < -0.3 is 14.9 Å². The second-order valence-electron chi connectivity index (χ2n) is 6.99. The van der Waals surface area contributed by atoms with E-state index in [0.29, 0.717) is 12.4 Å². The Hall–Kier alpha value is -1.30. The molecular weight excluding hydrogens is 354 g/mol. The van der Waals surface area contributed by atoms with Crippen molar-refractivity contribution in [1.29, 1.82) is 0 Å². The third-order valence-electron chi connectivity index (χ3n) is 4.99. The third-order valence-corrected chi connectivity index (χ3v) is 5.50. The smallest absolute Gasteiger partial charge is 0.335 e. The second-order valence-corrected chi connectivity index (χ2v) is 7.55. The summed E-state index contributed by atoms with van der Waals surface area (Å²) in [6.45, 7) is 4.37. The molecule has 0 radical (unpaired) electrons. The number of carboxylic acids is 1. The summed E-state index contributed by atoms with van der Waals surface area (Å²) >= 11 is 6.46. The van der Waals surface area contributed by atoms with Gasteiger partial charge in [-0.2, -0.15) is 0 Å². The normalized spacial score (nSPS) is 21.7. The summed E-state index contributed by atoms with van der Waals surface area (Å²) in [7, 11) is 0. The van der Waals surface area contributed by atoms with E-state index in [1.165, 1.54) is 25.0 Å². The van der Waals surface area contributed by atoms with Crippen LogP contribution < -0.4 is 4.74 Å². The molecular formula is C20H30ClNO4. The molecule has 3 atom stereocenters. The Bertz CT molecular complexity index is 551. The Morgan fingerprint density at radius 3 is 2.69 bits per heavy atom. The number of aliphatic hydroxyl groups excluding tert-OH is 1. The van der Waals surface area contributed by atoms with Crippen molar-refractivity contribution in [3.8, 4) is 5.75 Å².